The van der Waals surface area contributed by atoms with Crippen molar-refractivity contribution >= 4 is 11.1 Å². The fourth-order valence-corrected chi connectivity index (χ4v) is 4.65. The molecule has 0 aliphatic carbocycles. The summed E-state index contributed by atoms with van der Waals surface area (Å²) in [6.07, 6.45) is 4.50. The molecule has 4 heteroatoms. The van der Waals surface area contributed by atoms with Crippen LogP contribution in [0, 0.1) is 0 Å². The lowest BCUT2D eigenvalue weighted by molar-refractivity contribution is 0.183. The van der Waals surface area contributed by atoms with Crippen LogP contribution in [0.4, 0.5) is 0 Å². The molecule has 34 heavy (non-hydrogen) atoms. The van der Waals surface area contributed by atoms with Crippen LogP contribution >= 0.6 is 0 Å². The van der Waals surface area contributed by atoms with Crippen molar-refractivity contribution in [3.63, 3.8) is 0 Å². The zero-order valence-electron chi connectivity index (χ0n) is 20.1. The molecule has 4 nitrogen and oxygen atoms in total. The number of ether oxygens (including phenoxy) is 2. The SMILES string of the molecule is COc1cccc(C(CCO)=C(c2ccccc2)c2ccc(OCCN3CCCCC3)cc2)c1. The highest BCUT2D eigenvalue weighted by Gasteiger charge is 2.15. The summed E-state index contributed by atoms with van der Waals surface area (Å²) in [5, 5.41) is 9.93. The van der Waals surface area contributed by atoms with E-state index < -0.39 is 0 Å². The number of methoxy groups -OCH3 is 1. The Hall–Kier alpha value is -3.08. The third kappa shape index (κ3) is 6.28. The van der Waals surface area contributed by atoms with Crippen molar-refractivity contribution in [1.29, 1.82) is 0 Å². The predicted octanol–water partition coefficient (Wildman–Crippen LogP) is 5.90. The van der Waals surface area contributed by atoms with Crippen LogP contribution in [0.1, 0.15) is 42.4 Å². The fraction of sp³-hybridized carbons (Fsp3) is 0.333. The third-order valence-electron chi connectivity index (χ3n) is 6.41. The zero-order valence-corrected chi connectivity index (χ0v) is 20.1. The zero-order chi connectivity index (χ0) is 23.6. The summed E-state index contributed by atoms with van der Waals surface area (Å²) in [6.45, 7) is 4.13. The molecule has 1 N–H and O–H groups in total. The number of rotatable bonds is 10. The second-order valence-electron chi connectivity index (χ2n) is 8.70. The summed E-state index contributed by atoms with van der Waals surface area (Å²) in [5.74, 6) is 1.69. The van der Waals surface area contributed by atoms with Crippen LogP contribution in [0.5, 0.6) is 11.5 Å². The average Bonchev–Trinajstić information content (AvgIpc) is 2.90. The molecule has 0 aromatic heterocycles. The van der Waals surface area contributed by atoms with Crippen molar-refractivity contribution in [2.45, 2.75) is 25.7 Å². The number of likely N-dealkylation sites (tertiary alicyclic amines) is 1. The molecule has 3 aromatic rings. The molecule has 1 saturated heterocycles. The van der Waals surface area contributed by atoms with Gasteiger partial charge in [0.15, 0.2) is 0 Å². The summed E-state index contributed by atoms with van der Waals surface area (Å²) < 4.78 is 11.5. The number of aliphatic hydroxyl groups excluding tert-OH is 1. The first-order chi connectivity index (χ1) is 16.8. The first-order valence-electron chi connectivity index (χ1n) is 12.3. The minimum atomic E-state index is 0.0700. The second kappa shape index (κ2) is 12.4. The Balaban J connectivity index is 1.62. The van der Waals surface area contributed by atoms with E-state index in [4.69, 9.17) is 9.47 Å². The molecular formula is C30H35NO3. The lowest BCUT2D eigenvalue weighted by atomic mass is 9.88. The molecule has 0 atom stereocenters. The normalized spacial score (nSPS) is 15.0. The van der Waals surface area contributed by atoms with E-state index >= 15 is 0 Å². The molecule has 3 aromatic carbocycles. The maximum absolute atomic E-state index is 9.93. The van der Waals surface area contributed by atoms with Crippen molar-refractivity contribution in [3.05, 3.63) is 95.6 Å². The minimum Gasteiger partial charge on any atom is -0.497 e. The lowest BCUT2D eigenvalue weighted by Crippen LogP contribution is -2.33. The molecule has 0 saturated carbocycles. The molecule has 1 aliphatic heterocycles. The maximum atomic E-state index is 9.93. The van der Waals surface area contributed by atoms with E-state index in [0.717, 1.165) is 45.9 Å². The molecule has 0 spiro atoms. The van der Waals surface area contributed by atoms with Gasteiger partial charge in [0.05, 0.1) is 7.11 Å². The van der Waals surface area contributed by atoms with Gasteiger partial charge in [0.25, 0.3) is 0 Å². The first kappa shape index (κ1) is 24.1. The smallest absolute Gasteiger partial charge is 0.119 e. The Morgan fingerprint density at radius 1 is 0.794 bits per heavy atom. The minimum absolute atomic E-state index is 0.0700. The van der Waals surface area contributed by atoms with Crippen LogP contribution in [0.25, 0.3) is 11.1 Å². The highest BCUT2D eigenvalue weighted by Crippen LogP contribution is 2.36. The largest absolute Gasteiger partial charge is 0.497 e. The van der Waals surface area contributed by atoms with Gasteiger partial charge in [-0.05, 0) is 84.5 Å². The van der Waals surface area contributed by atoms with Gasteiger partial charge in [-0.1, -0.05) is 61.0 Å². The summed E-state index contributed by atoms with van der Waals surface area (Å²) in [5.41, 5.74) is 5.47. The van der Waals surface area contributed by atoms with E-state index in [9.17, 15) is 5.11 Å². The van der Waals surface area contributed by atoms with Crippen molar-refractivity contribution in [2.75, 3.05) is 40.0 Å². The van der Waals surface area contributed by atoms with Crippen molar-refractivity contribution < 1.29 is 14.6 Å². The number of hydrogen-bond donors (Lipinski definition) is 1. The molecule has 0 bridgehead atoms. The number of piperidine rings is 1. The molecular weight excluding hydrogens is 422 g/mol. The van der Waals surface area contributed by atoms with E-state index in [1.807, 2.05) is 24.3 Å². The molecule has 4 rings (SSSR count). The van der Waals surface area contributed by atoms with Crippen molar-refractivity contribution in [3.8, 4) is 11.5 Å². The average molecular weight is 458 g/mol. The molecule has 178 valence electrons. The van der Waals surface area contributed by atoms with Crippen LogP contribution in [-0.4, -0.2) is 50.0 Å². The topological polar surface area (TPSA) is 41.9 Å². The van der Waals surface area contributed by atoms with E-state index in [0.29, 0.717) is 13.0 Å². The van der Waals surface area contributed by atoms with Gasteiger partial charge < -0.3 is 14.6 Å². The van der Waals surface area contributed by atoms with Gasteiger partial charge in [0, 0.05) is 13.2 Å². The van der Waals surface area contributed by atoms with Crippen LogP contribution in [0.15, 0.2) is 78.9 Å². The number of aliphatic hydroxyl groups is 1. The maximum Gasteiger partial charge on any atom is 0.119 e. The van der Waals surface area contributed by atoms with Crippen molar-refractivity contribution in [2.24, 2.45) is 0 Å². The second-order valence-corrected chi connectivity index (χ2v) is 8.70. The van der Waals surface area contributed by atoms with E-state index in [-0.39, 0.29) is 6.61 Å². The van der Waals surface area contributed by atoms with Gasteiger partial charge >= 0.3 is 0 Å². The number of nitrogens with zero attached hydrogens (tertiary/aromatic N) is 1. The van der Waals surface area contributed by atoms with Crippen LogP contribution in [-0.2, 0) is 0 Å². The Morgan fingerprint density at radius 3 is 2.21 bits per heavy atom. The molecule has 1 aliphatic rings. The molecule has 0 amide bonds. The van der Waals surface area contributed by atoms with Crippen molar-refractivity contribution in [1.82, 2.24) is 4.90 Å². The highest BCUT2D eigenvalue weighted by atomic mass is 16.5. The van der Waals surface area contributed by atoms with Crippen LogP contribution in [0.3, 0.4) is 0 Å². The van der Waals surface area contributed by atoms with Crippen LogP contribution < -0.4 is 9.47 Å². The molecule has 0 radical (unpaired) electrons. The Labute approximate surface area is 203 Å². The number of hydrogen-bond acceptors (Lipinski definition) is 4. The van der Waals surface area contributed by atoms with Gasteiger partial charge in [-0.25, -0.2) is 0 Å². The fourth-order valence-electron chi connectivity index (χ4n) is 4.65. The van der Waals surface area contributed by atoms with Gasteiger partial charge in [-0.2, -0.15) is 0 Å². The lowest BCUT2D eigenvalue weighted by Gasteiger charge is -2.26. The van der Waals surface area contributed by atoms with E-state index in [2.05, 4.69) is 59.5 Å². The molecule has 1 heterocycles. The Kier molecular flexibility index (Phi) is 8.78. The standard InChI is InChI=1S/C30H35NO3/c1-33-28-12-8-11-26(23-28)29(17-21-32)30(24-9-4-2-5-10-24)25-13-15-27(16-14-25)34-22-20-31-18-6-3-7-19-31/h2,4-5,8-16,23,32H,3,6-7,17-22H2,1H3. The summed E-state index contributed by atoms with van der Waals surface area (Å²) in [4.78, 5) is 2.49. The van der Waals surface area contributed by atoms with Gasteiger partial charge in [-0.15, -0.1) is 0 Å². The van der Waals surface area contributed by atoms with Gasteiger partial charge in [0.1, 0.15) is 18.1 Å². The summed E-state index contributed by atoms with van der Waals surface area (Å²) in [7, 11) is 1.68. The van der Waals surface area contributed by atoms with Gasteiger partial charge in [0.2, 0.25) is 0 Å². The molecule has 0 unspecified atom stereocenters. The summed E-state index contributed by atoms with van der Waals surface area (Å²) >= 11 is 0. The Morgan fingerprint density at radius 2 is 1.50 bits per heavy atom. The van der Waals surface area contributed by atoms with E-state index in [1.165, 1.54) is 32.4 Å². The third-order valence-corrected chi connectivity index (χ3v) is 6.41. The van der Waals surface area contributed by atoms with E-state index in [1.54, 1.807) is 7.11 Å². The van der Waals surface area contributed by atoms with Crippen LogP contribution in [0.2, 0.25) is 0 Å². The molecule has 1 fully saturated rings. The Bertz CT molecular complexity index is 1050. The van der Waals surface area contributed by atoms with Gasteiger partial charge in [-0.3, -0.25) is 4.90 Å². The predicted molar refractivity (Wildman–Crippen MR) is 139 cm³/mol. The monoisotopic (exact) mass is 457 g/mol. The summed E-state index contributed by atoms with van der Waals surface area (Å²) in [6, 6.07) is 26.8. The number of benzene rings is 3. The first-order valence-corrected chi connectivity index (χ1v) is 12.3. The quantitative estimate of drug-likeness (QED) is 0.385. The highest BCUT2D eigenvalue weighted by molar-refractivity contribution is 5.98.